The van der Waals surface area contributed by atoms with E-state index >= 15 is 0 Å². The van der Waals surface area contributed by atoms with Crippen molar-refractivity contribution in [3.63, 3.8) is 0 Å². The normalized spacial score (nSPS) is 12.7. The van der Waals surface area contributed by atoms with Crippen LogP contribution in [0.4, 0.5) is 5.69 Å². The van der Waals surface area contributed by atoms with Crippen molar-refractivity contribution in [3.05, 3.63) is 129 Å². The number of benzene rings is 4. The second-order valence-electron chi connectivity index (χ2n) is 11.4. The third-order valence-corrected chi connectivity index (χ3v) is 10.4. The maximum Gasteiger partial charge on any atom is 0.264 e. The minimum absolute atomic E-state index is 0.00669. The molecule has 0 radical (unpaired) electrons. The number of anilines is 1. The summed E-state index contributed by atoms with van der Waals surface area (Å²) in [6.07, 6.45) is 0.908. The standard InChI is InChI=1S/C36H39Cl2N3O4S/c1-5-27(4)39-36(43)34(22-28-12-8-6-9-13-28)40(23-29-17-18-31(37)32(38)21-29)35(42)24-41(33-19-16-25(2)20-26(33)3)46(44,45)30-14-10-7-11-15-30/h6-21,27,34H,5,22-24H2,1-4H3,(H,39,43)/t27-,34+/m1/s1. The van der Waals surface area contributed by atoms with Crippen molar-refractivity contribution in [2.45, 2.75) is 64.1 Å². The van der Waals surface area contributed by atoms with E-state index in [2.05, 4.69) is 5.32 Å². The Kier molecular flexibility index (Phi) is 11.9. The van der Waals surface area contributed by atoms with E-state index in [4.69, 9.17) is 23.2 Å². The van der Waals surface area contributed by atoms with Crippen LogP contribution in [0.1, 0.15) is 42.5 Å². The average molecular weight is 681 g/mol. The molecule has 0 bridgehead atoms. The van der Waals surface area contributed by atoms with Crippen molar-refractivity contribution >= 4 is 50.7 Å². The van der Waals surface area contributed by atoms with Crippen molar-refractivity contribution in [3.8, 4) is 0 Å². The summed E-state index contributed by atoms with van der Waals surface area (Å²) in [5.41, 5.74) is 3.51. The summed E-state index contributed by atoms with van der Waals surface area (Å²) in [7, 11) is -4.18. The molecule has 10 heteroatoms. The van der Waals surface area contributed by atoms with Crippen LogP contribution in [0.2, 0.25) is 10.0 Å². The van der Waals surface area contributed by atoms with Crippen LogP contribution >= 0.6 is 23.2 Å². The number of hydrogen-bond donors (Lipinski definition) is 1. The summed E-state index contributed by atoms with van der Waals surface area (Å²) in [4.78, 5) is 30.1. The number of halogens is 2. The van der Waals surface area contributed by atoms with E-state index in [0.29, 0.717) is 33.3 Å². The van der Waals surface area contributed by atoms with E-state index in [0.717, 1.165) is 15.4 Å². The maximum absolute atomic E-state index is 14.6. The van der Waals surface area contributed by atoms with E-state index in [9.17, 15) is 18.0 Å². The van der Waals surface area contributed by atoms with Crippen molar-refractivity contribution in [2.24, 2.45) is 0 Å². The Hall–Kier alpha value is -3.85. The predicted octanol–water partition coefficient (Wildman–Crippen LogP) is 7.36. The molecule has 0 aliphatic heterocycles. The fourth-order valence-electron chi connectivity index (χ4n) is 5.15. The highest BCUT2D eigenvalue weighted by molar-refractivity contribution is 7.92. The Balaban J connectivity index is 1.84. The molecule has 0 fully saturated rings. The molecule has 0 spiro atoms. The second kappa shape index (κ2) is 15.6. The first-order valence-corrected chi connectivity index (χ1v) is 17.3. The van der Waals surface area contributed by atoms with Crippen molar-refractivity contribution < 1.29 is 18.0 Å². The minimum Gasteiger partial charge on any atom is -0.352 e. The Bertz CT molecular complexity index is 1770. The molecule has 0 aliphatic rings. The summed E-state index contributed by atoms with van der Waals surface area (Å²) in [6, 6.07) is 26.8. The number of carbonyl (C=O) groups is 2. The summed E-state index contributed by atoms with van der Waals surface area (Å²) < 4.78 is 29.5. The van der Waals surface area contributed by atoms with Crippen molar-refractivity contribution in [2.75, 3.05) is 10.8 Å². The third-order valence-electron chi connectivity index (χ3n) is 7.84. The fourth-order valence-corrected chi connectivity index (χ4v) is 6.97. The lowest BCUT2D eigenvalue weighted by Gasteiger charge is -2.34. The smallest absolute Gasteiger partial charge is 0.264 e. The molecular formula is C36H39Cl2N3O4S. The van der Waals surface area contributed by atoms with Crippen molar-refractivity contribution in [1.29, 1.82) is 0 Å². The van der Waals surface area contributed by atoms with Gasteiger partial charge in [-0.25, -0.2) is 8.42 Å². The molecule has 4 aromatic carbocycles. The Morgan fingerprint density at radius 3 is 2.09 bits per heavy atom. The van der Waals surface area contributed by atoms with Gasteiger partial charge >= 0.3 is 0 Å². The number of amides is 2. The average Bonchev–Trinajstić information content (AvgIpc) is 3.04. The van der Waals surface area contributed by atoms with E-state index in [1.54, 1.807) is 42.5 Å². The van der Waals surface area contributed by atoms with Gasteiger partial charge in [-0.2, -0.15) is 0 Å². The number of aryl methyl sites for hydroxylation is 2. The number of hydrogen-bond acceptors (Lipinski definition) is 4. The van der Waals surface area contributed by atoms with E-state index in [1.165, 1.54) is 17.0 Å². The highest BCUT2D eigenvalue weighted by Crippen LogP contribution is 2.29. The zero-order valence-corrected chi connectivity index (χ0v) is 28.7. The first-order valence-electron chi connectivity index (χ1n) is 15.1. The van der Waals surface area contributed by atoms with Crippen LogP contribution in [0.25, 0.3) is 0 Å². The van der Waals surface area contributed by atoms with Gasteiger partial charge in [0.25, 0.3) is 10.0 Å². The van der Waals surface area contributed by atoms with Gasteiger partial charge in [0, 0.05) is 19.0 Å². The molecule has 4 rings (SSSR count). The zero-order chi connectivity index (χ0) is 33.4. The molecule has 0 saturated heterocycles. The lowest BCUT2D eigenvalue weighted by atomic mass is 10.0. The number of carbonyl (C=O) groups excluding carboxylic acids is 2. The summed E-state index contributed by atoms with van der Waals surface area (Å²) >= 11 is 12.6. The van der Waals surface area contributed by atoms with Gasteiger partial charge in [0.1, 0.15) is 12.6 Å². The Labute approximate surface area is 282 Å². The zero-order valence-electron chi connectivity index (χ0n) is 26.4. The molecular weight excluding hydrogens is 641 g/mol. The first-order chi connectivity index (χ1) is 21.9. The van der Waals surface area contributed by atoms with Gasteiger partial charge in [-0.1, -0.05) is 102 Å². The summed E-state index contributed by atoms with van der Waals surface area (Å²) in [6.45, 7) is 7.05. The van der Waals surface area contributed by atoms with E-state index in [1.807, 2.05) is 70.2 Å². The van der Waals surface area contributed by atoms with Crippen LogP contribution in [-0.4, -0.2) is 43.8 Å². The van der Waals surface area contributed by atoms with Gasteiger partial charge in [-0.05, 0) is 74.2 Å². The number of rotatable bonds is 13. The molecule has 4 aromatic rings. The minimum atomic E-state index is -4.18. The maximum atomic E-state index is 14.6. The molecule has 0 aliphatic carbocycles. The molecule has 2 amide bonds. The van der Waals surface area contributed by atoms with Gasteiger partial charge in [-0.15, -0.1) is 0 Å². The lowest BCUT2D eigenvalue weighted by Crippen LogP contribution is -2.54. The molecule has 242 valence electrons. The predicted molar refractivity (Wildman–Crippen MR) is 186 cm³/mol. The van der Waals surface area contributed by atoms with Gasteiger partial charge in [0.2, 0.25) is 11.8 Å². The van der Waals surface area contributed by atoms with Crippen LogP contribution in [0.3, 0.4) is 0 Å². The summed E-state index contributed by atoms with van der Waals surface area (Å²) in [5, 5.41) is 3.70. The third kappa shape index (κ3) is 8.69. The molecule has 7 nitrogen and oxygen atoms in total. The summed E-state index contributed by atoms with van der Waals surface area (Å²) in [5.74, 6) is -0.888. The van der Waals surface area contributed by atoms with Gasteiger partial charge in [0.15, 0.2) is 0 Å². The van der Waals surface area contributed by atoms with E-state index < -0.39 is 28.5 Å². The second-order valence-corrected chi connectivity index (χ2v) is 14.1. The fraction of sp³-hybridized carbons (Fsp3) is 0.278. The molecule has 0 saturated carbocycles. The highest BCUT2D eigenvalue weighted by atomic mass is 35.5. The topological polar surface area (TPSA) is 86.8 Å². The Morgan fingerprint density at radius 2 is 1.48 bits per heavy atom. The number of sulfonamides is 1. The molecule has 0 aromatic heterocycles. The largest absolute Gasteiger partial charge is 0.352 e. The van der Waals surface area contributed by atoms with Crippen LogP contribution < -0.4 is 9.62 Å². The van der Waals surface area contributed by atoms with Gasteiger partial charge in [0.05, 0.1) is 20.6 Å². The molecule has 1 N–H and O–H groups in total. The highest BCUT2D eigenvalue weighted by Gasteiger charge is 2.35. The molecule has 0 unspecified atom stereocenters. The van der Waals surface area contributed by atoms with Crippen LogP contribution in [0.15, 0.2) is 102 Å². The Morgan fingerprint density at radius 1 is 0.826 bits per heavy atom. The van der Waals surface area contributed by atoms with Crippen molar-refractivity contribution in [1.82, 2.24) is 10.2 Å². The monoisotopic (exact) mass is 679 g/mol. The first kappa shape index (κ1) is 35.0. The lowest BCUT2D eigenvalue weighted by molar-refractivity contribution is -0.140. The van der Waals surface area contributed by atoms with Crippen LogP contribution in [-0.2, 0) is 32.6 Å². The van der Waals surface area contributed by atoms with Crippen LogP contribution in [0, 0.1) is 13.8 Å². The van der Waals surface area contributed by atoms with Gasteiger partial charge < -0.3 is 10.2 Å². The van der Waals surface area contributed by atoms with Gasteiger partial charge in [-0.3, -0.25) is 13.9 Å². The SMILES string of the molecule is CC[C@@H](C)NC(=O)[C@H](Cc1ccccc1)N(Cc1ccc(Cl)c(Cl)c1)C(=O)CN(c1ccc(C)cc1C)S(=O)(=O)c1ccccc1. The van der Waals surface area contributed by atoms with Crippen LogP contribution in [0.5, 0.6) is 0 Å². The molecule has 0 heterocycles. The molecule has 46 heavy (non-hydrogen) atoms. The quantitative estimate of drug-likeness (QED) is 0.160. The molecule has 2 atom stereocenters. The number of nitrogens with one attached hydrogen (secondary N) is 1. The van der Waals surface area contributed by atoms with E-state index in [-0.39, 0.29) is 29.8 Å². The number of nitrogens with zero attached hydrogens (tertiary/aromatic N) is 2.